The first kappa shape index (κ1) is 12.3. The Labute approximate surface area is 103 Å². The lowest BCUT2D eigenvalue weighted by Crippen LogP contribution is -2.24. The fourth-order valence-electron chi connectivity index (χ4n) is 2.40. The van der Waals surface area contributed by atoms with Gasteiger partial charge in [-0.3, -0.25) is 4.90 Å². The molecule has 4 heteroatoms. The smallest absolute Gasteiger partial charge is 0.213 e. The molecular weight excluding hydrogens is 214 g/mol. The summed E-state index contributed by atoms with van der Waals surface area (Å²) >= 11 is 0. The van der Waals surface area contributed by atoms with E-state index < -0.39 is 0 Å². The fourth-order valence-corrected chi connectivity index (χ4v) is 2.40. The minimum Gasteiger partial charge on any atom is -0.481 e. The molecular formula is C13H21N3O. The first-order chi connectivity index (χ1) is 8.31. The molecule has 1 aromatic rings. The molecule has 4 nitrogen and oxygen atoms in total. The number of methoxy groups -OCH3 is 1. The van der Waals surface area contributed by atoms with E-state index in [1.165, 1.54) is 19.5 Å². The van der Waals surface area contributed by atoms with Crippen LogP contribution in [-0.2, 0) is 6.54 Å². The summed E-state index contributed by atoms with van der Waals surface area (Å²) in [5, 5.41) is 3.25. The number of rotatable bonds is 5. The highest BCUT2D eigenvalue weighted by molar-refractivity contribution is 5.15. The van der Waals surface area contributed by atoms with Crippen LogP contribution in [0.15, 0.2) is 18.2 Å². The van der Waals surface area contributed by atoms with Gasteiger partial charge in [0.15, 0.2) is 0 Å². The fraction of sp³-hybridized carbons (Fsp3) is 0.615. The second-order valence-corrected chi connectivity index (χ2v) is 4.62. The van der Waals surface area contributed by atoms with E-state index >= 15 is 0 Å². The van der Waals surface area contributed by atoms with Crippen LogP contribution in [0.25, 0.3) is 0 Å². The quantitative estimate of drug-likeness (QED) is 0.830. The summed E-state index contributed by atoms with van der Waals surface area (Å²) in [7, 11) is 3.68. The third-order valence-corrected chi connectivity index (χ3v) is 3.24. The molecule has 2 rings (SSSR count). The summed E-state index contributed by atoms with van der Waals surface area (Å²) in [6, 6.07) is 5.95. The number of aromatic nitrogens is 1. The predicted octanol–water partition coefficient (Wildman–Crippen LogP) is 1.13. The van der Waals surface area contributed by atoms with Crippen LogP contribution in [0.1, 0.15) is 12.1 Å². The van der Waals surface area contributed by atoms with Gasteiger partial charge in [-0.1, -0.05) is 6.07 Å². The van der Waals surface area contributed by atoms with Crippen molar-refractivity contribution in [1.82, 2.24) is 15.2 Å². The molecule has 0 aromatic carbocycles. The largest absolute Gasteiger partial charge is 0.481 e. The highest BCUT2D eigenvalue weighted by Gasteiger charge is 2.21. The van der Waals surface area contributed by atoms with Crippen LogP contribution < -0.4 is 10.1 Å². The van der Waals surface area contributed by atoms with Gasteiger partial charge in [0, 0.05) is 19.2 Å². The molecule has 0 radical (unpaired) electrons. The zero-order chi connectivity index (χ0) is 12.1. The molecule has 1 aromatic heterocycles. The molecule has 0 bridgehead atoms. The number of nitrogens with one attached hydrogen (secondary N) is 1. The standard InChI is InChI=1S/C13H21N3O/c1-14-8-11-6-7-16(9-11)10-12-4-3-5-13(15-12)17-2/h3-5,11,14H,6-10H2,1-2H3. The van der Waals surface area contributed by atoms with Gasteiger partial charge in [0.1, 0.15) is 0 Å². The van der Waals surface area contributed by atoms with Crippen LogP contribution in [0.2, 0.25) is 0 Å². The van der Waals surface area contributed by atoms with E-state index in [1.807, 2.05) is 19.2 Å². The average molecular weight is 235 g/mol. The average Bonchev–Trinajstić information content (AvgIpc) is 2.77. The third-order valence-electron chi connectivity index (χ3n) is 3.24. The summed E-state index contributed by atoms with van der Waals surface area (Å²) in [6.07, 6.45) is 1.28. The van der Waals surface area contributed by atoms with Gasteiger partial charge in [-0.15, -0.1) is 0 Å². The lowest BCUT2D eigenvalue weighted by atomic mass is 10.1. The van der Waals surface area contributed by atoms with E-state index in [4.69, 9.17) is 4.74 Å². The van der Waals surface area contributed by atoms with Crippen LogP contribution in [0.4, 0.5) is 0 Å². The Morgan fingerprint density at radius 3 is 3.18 bits per heavy atom. The van der Waals surface area contributed by atoms with Crippen LogP contribution >= 0.6 is 0 Å². The molecule has 1 atom stereocenters. The summed E-state index contributed by atoms with van der Waals surface area (Å²) in [5.41, 5.74) is 1.09. The van der Waals surface area contributed by atoms with Crippen molar-refractivity contribution in [2.45, 2.75) is 13.0 Å². The lowest BCUT2D eigenvalue weighted by molar-refractivity contribution is 0.309. The van der Waals surface area contributed by atoms with E-state index in [1.54, 1.807) is 7.11 Å². The molecule has 1 saturated heterocycles. The lowest BCUT2D eigenvalue weighted by Gasteiger charge is -2.15. The molecule has 2 heterocycles. The zero-order valence-corrected chi connectivity index (χ0v) is 10.6. The zero-order valence-electron chi connectivity index (χ0n) is 10.6. The SMILES string of the molecule is CNCC1CCN(Cc2cccc(OC)n2)C1. The minimum absolute atomic E-state index is 0.702. The topological polar surface area (TPSA) is 37.4 Å². The molecule has 1 aliphatic heterocycles. The maximum atomic E-state index is 5.14. The van der Waals surface area contributed by atoms with Crippen molar-refractivity contribution in [3.8, 4) is 5.88 Å². The van der Waals surface area contributed by atoms with Crippen molar-refractivity contribution in [3.05, 3.63) is 23.9 Å². The Morgan fingerprint density at radius 2 is 2.41 bits per heavy atom. The van der Waals surface area contributed by atoms with Crippen molar-refractivity contribution in [2.24, 2.45) is 5.92 Å². The van der Waals surface area contributed by atoms with E-state index in [0.717, 1.165) is 24.7 Å². The Morgan fingerprint density at radius 1 is 1.53 bits per heavy atom. The number of hydrogen-bond donors (Lipinski definition) is 1. The maximum Gasteiger partial charge on any atom is 0.213 e. The van der Waals surface area contributed by atoms with Gasteiger partial charge in [-0.25, -0.2) is 4.98 Å². The van der Waals surface area contributed by atoms with Crippen molar-refractivity contribution < 1.29 is 4.74 Å². The monoisotopic (exact) mass is 235 g/mol. The van der Waals surface area contributed by atoms with Gasteiger partial charge >= 0.3 is 0 Å². The predicted molar refractivity (Wildman–Crippen MR) is 68.1 cm³/mol. The van der Waals surface area contributed by atoms with E-state index in [9.17, 15) is 0 Å². The summed E-state index contributed by atoms with van der Waals surface area (Å²) in [5.74, 6) is 1.49. The molecule has 94 valence electrons. The van der Waals surface area contributed by atoms with Gasteiger partial charge in [0.25, 0.3) is 0 Å². The van der Waals surface area contributed by atoms with Crippen molar-refractivity contribution >= 4 is 0 Å². The summed E-state index contributed by atoms with van der Waals surface area (Å²) in [4.78, 5) is 6.91. The Balaban J connectivity index is 1.88. The summed E-state index contributed by atoms with van der Waals surface area (Å²) in [6.45, 7) is 4.38. The molecule has 1 unspecified atom stereocenters. The van der Waals surface area contributed by atoms with E-state index in [-0.39, 0.29) is 0 Å². The first-order valence-corrected chi connectivity index (χ1v) is 6.18. The molecule has 17 heavy (non-hydrogen) atoms. The second-order valence-electron chi connectivity index (χ2n) is 4.62. The maximum absolute atomic E-state index is 5.14. The van der Waals surface area contributed by atoms with Gasteiger partial charge in [-0.05, 0) is 38.5 Å². The Kier molecular flexibility index (Phi) is 4.34. The normalized spacial score (nSPS) is 20.7. The third kappa shape index (κ3) is 3.41. The highest BCUT2D eigenvalue weighted by atomic mass is 16.5. The van der Waals surface area contributed by atoms with Crippen LogP contribution in [0, 0.1) is 5.92 Å². The van der Waals surface area contributed by atoms with Gasteiger partial charge < -0.3 is 10.1 Å². The van der Waals surface area contributed by atoms with Crippen LogP contribution in [-0.4, -0.2) is 43.7 Å². The first-order valence-electron chi connectivity index (χ1n) is 6.18. The minimum atomic E-state index is 0.702. The molecule has 1 N–H and O–H groups in total. The second kappa shape index (κ2) is 5.98. The number of ether oxygens (including phenoxy) is 1. The van der Waals surface area contributed by atoms with Crippen molar-refractivity contribution in [1.29, 1.82) is 0 Å². The van der Waals surface area contributed by atoms with Gasteiger partial charge in [0.2, 0.25) is 5.88 Å². The summed E-state index contributed by atoms with van der Waals surface area (Å²) < 4.78 is 5.14. The Bertz CT molecular complexity index is 356. The van der Waals surface area contributed by atoms with Crippen LogP contribution in [0.3, 0.4) is 0 Å². The van der Waals surface area contributed by atoms with Gasteiger partial charge in [-0.2, -0.15) is 0 Å². The van der Waals surface area contributed by atoms with E-state index in [0.29, 0.717) is 5.88 Å². The Hall–Kier alpha value is -1.13. The number of pyridine rings is 1. The molecule has 0 aliphatic carbocycles. The molecule has 1 aliphatic rings. The highest BCUT2D eigenvalue weighted by Crippen LogP contribution is 2.18. The molecule has 0 amide bonds. The molecule has 0 saturated carbocycles. The van der Waals surface area contributed by atoms with Crippen molar-refractivity contribution in [2.75, 3.05) is 33.8 Å². The molecule has 1 fully saturated rings. The molecule has 0 spiro atoms. The van der Waals surface area contributed by atoms with Crippen molar-refractivity contribution in [3.63, 3.8) is 0 Å². The van der Waals surface area contributed by atoms with Crippen LogP contribution in [0.5, 0.6) is 5.88 Å². The van der Waals surface area contributed by atoms with Gasteiger partial charge in [0.05, 0.1) is 12.8 Å². The number of hydrogen-bond acceptors (Lipinski definition) is 4. The van der Waals surface area contributed by atoms with E-state index in [2.05, 4.69) is 21.3 Å². The number of nitrogens with zero attached hydrogens (tertiary/aromatic N) is 2. The number of likely N-dealkylation sites (tertiary alicyclic amines) is 1.